The van der Waals surface area contributed by atoms with E-state index in [1.165, 1.54) is 0 Å². The molecule has 0 spiro atoms. The molecular weight excluding hydrogens is 238 g/mol. The molecule has 0 aliphatic heterocycles. The Morgan fingerprint density at radius 2 is 2.24 bits per heavy atom. The zero-order valence-corrected chi connectivity index (χ0v) is 11.4. The standard InChI is InChI=1S/C12H20ClN3O/c1-4-6-16-7-5-14-11(12(16)17)15-8-10(13)9(2)3/h5,7,9-10H,4,6,8H2,1-3H3,(H,14,15). The minimum Gasteiger partial charge on any atom is -0.364 e. The van der Waals surface area contributed by atoms with Crippen LogP contribution in [0.2, 0.25) is 0 Å². The highest BCUT2D eigenvalue weighted by molar-refractivity contribution is 6.21. The number of halogens is 1. The molecular formula is C12H20ClN3O. The van der Waals surface area contributed by atoms with E-state index >= 15 is 0 Å². The van der Waals surface area contributed by atoms with E-state index in [1.807, 2.05) is 20.8 Å². The van der Waals surface area contributed by atoms with Crippen LogP contribution in [0.5, 0.6) is 0 Å². The Morgan fingerprint density at radius 3 is 2.82 bits per heavy atom. The summed E-state index contributed by atoms with van der Waals surface area (Å²) in [5.41, 5.74) is -0.0815. The Balaban J connectivity index is 2.72. The van der Waals surface area contributed by atoms with Crippen molar-refractivity contribution in [3.8, 4) is 0 Å². The molecule has 4 nitrogen and oxygen atoms in total. The first kappa shape index (κ1) is 14.0. The number of alkyl halides is 1. The third-order valence-electron chi connectivity index (χ3n) is 2.57. The predicted octanol–water partition coefficient (Wildman–Crippen LogP) is 2.33. The molecule has 96 valence electrons. The second-order valence-electron chi connectivity index (χ2n) is 4.42. The zero-order chi connectivity index (χ0) is 12.8. The fourth-order valence-electron chi connectivity index (χ4n) is 1.42. The zero-order valence-electron chi connectivity index (χ0n) is 10.6. The molecule has 1 N–H and O–H groups in total. The molecule has 0 amide bonds. The summed E-state index contributed by atoms with van der Waals surface area (Å²) in [5, 5.41) is 3.01. The number of hydrogen-bond acceptors (Lipinski definition) is 3. The quantitative estimate of drug-likeness (QED) is 0.796. The summed E-state index contributed by atoms with van der Waals surface area (Å²) in [7, 11) is 0. The first-order valence-corrected chi connectivity index (χ1v) is 6.43. The van der Waals surface area contributed by atoms with Crippen molar-refractivity contribution in [2.75, 3.05) is 11.9 Å². The molecule has 0 saturated heterocycles. The van der Waals surface area contributed by atoms with Gasteiger partial charge in [0.25, 0.3) is 5.56 Å². The molecule has 1 atom stereocenters. The van der Waals surface area contributed by atoms with E-state index < -0.39 is 0 Å². The van der Waals surface area contributed by atoms with Gasteiger partial charge in [-0.1, -0.05) is 20.8 Å². The van der Waals surface area contributed by atoms with Gasteiger partial charge in [-0.15, -0.1) is 11.6 Å². The van der Waals surface area contributed by atoms with Gasteiger partial charge in [-0.3, -0.25) is 4.79 Å². The number of anilines is 1. The van der Waals surface area contributed by atoms with Gasteiger partial charge in [-0.05, 0) is 12.3 Å². The molecule has 0 aliphatic rings. The Labute approximate surface area is 107 Å². The molecule has 0 aliphatic carbocycles. The molecule has 1 aromatic rings. The Morgan fingerprint density at radius 1 is 1.53 bits per heavy atom. The van der Waals surface area contributed by atoms with Crippen molar-refractivity contribution in [3.63, 3.8) is 0 Å². The molecule has 0 bridgehead atoms. The van der Waals surface area contributed by atoms with Crippen molar-refractivity contribution >= 4 is 17.4 Å². The van der Waals surface area contributed by atoms with Crippen LogP contribution in [0.3, 0.4) is 0 Å². The molecule has 1 heterocycles. The highest BCUT2D eigenvalue weighted by Crippen LogP contribution is 2.09. The molecule has 0 aromatic carbocycles. The fraction of sp³-hybridized carbons (Fsp3) is 0.667. The fourth-order valence-corrected chi connectivity index (χ4v) is 1.49. The van der Waals surface area contributed by atoms with E-state index in [1.54, 1.807) is 17.0 Å². The van der Waals surface area contributed by atoms with Gasteiger partial charge in [0.15, 0.2) is 5.82 Å². The first-order chi connectivity index (χ1) is 8.06. The van der Waals surface area contributed by atoms with Gasteiger partial charge < -0.3 is 9.88 Å². The van der Waals surface area contributed by atoms with Gasteiger partial charge in [0, 0.05) is 25.5 Å². The van der Waals surface area contributed by atoms with E-state index in [9.17, 15) is 4.79 Å². The van der Waals surface area contributed by atoms with Gasteiger partial charge in [-0.2, -0.15) is 0 Å². The normalized spacial score (nSPS) is 12.8. The van der Waals surface area contributed by atoms with Gasteiger partial charge in [0.05, 0.1) is 5.38 Å². The smallest absolute Gasteiger partial charge is 0.293 e. The molecule has 17 heavy (non-hydrogen) atoms. The summed E-state index contributed by atoms with van der Waals surface area (Å²) in [5.74, 6) is 0.748. The van der Waals surface area contributed by atoms with Crippen LogP contribution in [0.4, 0.5) is 5.82 Å². The molecule has 1 unspecified atom stereocenters. The van der Waals surface area contributed by atoms with Crippen LogP contribution in [-0.2, 0) is 6.54 Å². The average molecular weight is 258 g/mol. The van der Waals surface area contributed by atoms with E-state index in [4.69, 9.17) is 11.6 Å². The minimum atomic E-state index is -0.0815. The third kappa shape index (κ3) is 4.04. The third-order valence-corrected chi connectivity index (χ3v) is 3.22. The first-order valence-electron chi connectivity index (χ1n) is 5.99. The Hall–Kier alpha value is -1.03. The Kier molecular flexibility index (Phi) is 5.48. The number of hydrogen-bond donors (Lipinski definition) is 1. The van der Waals surface area contributed by atoms with Gasteiger partial charge in [0.2, 0.25) is 0 Å². The van der Waals surface area contributed by atoms with Crippen molar-refractivity contribution in [1.82, 2.24) is 9.55 Å². The van der Waals surface area contributed by atoms with Gasteiger partial charge in [0.1, 0.15) is 0 Å². The van der Waals surface area contributed by atoms with Gasteiger partial charge in [-0.25, -0.2) is 4.98 Å². The molecule has 1 rings (SSSR count). The summed E-state index contributed by atoms with van der Waals surface area (Å²) in [6, 6.07) is 0. The lowest BCUT2D eigenvalue weighted by molar-refractivity contribution is 0.612. The van der Waals surface area contributed by atoms with E-state index in [-0.39, 0.29) is 10.9 Å². The molecule has 0 fully saturated rings. The summed E-state index contributed by atoms with van der Waals surface area (Å²) < 4.78 is 1.66. The lowest BCUT2D eigenvalue weighted by Crippen LogP contribution is -2.28. The lowest BCUT2D eigenvalue weighted by Gasteiger charge is -2.14. The summed E-state index contributed by atoms with van der Waals surface area (Å²) in [6.45, 7) is 7.40. The van der Waals surface area contributed by atoms with Crippen molar-refractivity contribution in [1.29, 1.82) is 0 Å². The van der Waals surface area contributed by atoms with Crippen molar-refractivity contribution in [2.24, 2.45) is 5.92 Å². The van der Waals surface area contributed by atoms with Crippen LogP contribution in [0, 0.1) is 5.92 Å². The van der Waals surface area contributed by atoms with Crippen LogP contribution in [0.15, 0.2) is 17.2 Å². The van der Waals surface area contributed by atoms with Crippen LogP contribution < -0.4 is 10.9 Å². The minimum absolute atomic E-state index is 0.00367. The average Bonchev–Trinajstić information content (AvgIpc) is 2.30. The maximum atomic E-state index is 11.9. The molecule has 5 heteroatoms. The lowest BCUT2D eigenvalue weighted by atomic mass is 10.1. The number of rotatable bonds is 6. The van der Waals surface area contributed by atoms with E-state index in [0.717, 1.165) is 6.42 Å². The molecule has 0 radical (unpaired) electrons. The topological polar surface area (TPSA) is 46.9 Å². The Bertz CT molecular complexity index is 403. The monoisotopic (exact) mass is 257 g/mol. The highest BCUT2D eigenvalue weighted by atomic mass is 35.5. The number of aryl methyl sites for hydroxylation is 1. The summed E-state index contributed by atoms with van der Waals surface area (Å²) >= 11 is 6.12. The maximum Gasteiger partial charge on any atom is 0.293 e. The van der Waals surface area contributed by atoms with E-state index in [0.29, 0.717) is 24.8 Å². The maximum absolute atomic E-state index is 11.9. The predicted molar refractivity (Wildman–Crippen MR) is 71.8 cm³/mol. The van der Waals surface area contributed by atoms with Crippen LogP contribution in [0.25, 0.3) is 0 Å². The van der Waals surface area contributed by atoms with Crippen molar-refractivity contribution in [2.45, 2.75) is 39.1 Å². The number of nitrogens with zero attached hydrogens (tertiary/aromatic N) is 2. The van der Waals surface area contributed by atoms with E-state index in [2.05, 4.69) is 10.3 Å². The largest absolute Gasteiger partial charge is 0.364 e. The van der Waals surface area contributed by atoms with Crippen LogP contribution in [-0.4, -0.2) is 21.5 Å². The second-order valence-corrected chi connectivity index (χ2v) is 4.98. The SMILES string of the molecule is CCCn1ccnc(NCC(Cl)C(C)C)c1=O. The van der Waals surface area contributed by atoms with Gasteiger partial charge >= 0.3 is 0 Å². The van der Waals surface area contributed by atoms with Crippen molar-refractivity contribution < 1.29 is 0 Å². The number of nitrogens with one attached hydrogen (secondary N) is 1. The summed E-state index contributed by atoms with van der Waals surface area (Å²) in [6.07, 6.45) is 4.27. The highest BCUT2D eigenvalue weighted by Gasteiger charge is 2.11. The van der Waals surface area contributed by atoms with Crippen LogP contribution >= 0.6 is 11.6 Å². The summed E-state index contributed by atoms with van der Waals surface area (Å²) in [4.78, 5) is 16.0. The van der Waals surface area contributed by atoms with Crippen molar-refractivity contribution in [3.05, 3.63) is 22.7 Å². The van der Waals surface area contributed by atoms with Crippen LogP contribution in [0.1, 0.15) is 27.2 Å². The molecule has 1 aromatic heterocycles. The second kappa shape index (κ2) is 6.64. The number of aromatic nitrogens is 2. The molecule has 0 saturated carbocycles.